The molecule has 0 heterocycles. The lowest BCUT2D eigenvalue weighted by Crippen LogP contribution is -2.40. The molecule has 1 unspecified atom stereocenters. The summed E-state index contributed by atoms with van der Waals surface area (Å²) in [5.41, 5.74) is 2.91. The summed E-state index contributed by atoms with van der Waals surface area (Å²) in [4.78, 5) is 26.4. The number of amides is 2. The van der Waals surface area contributed by atoms with Gasteiger partial charge in [-0.15, -0.1) is 0 Å². The summed E-state index contributed by atoms with van der Waals surface area (Å²) in [6.07, 6.45) is 2.27. The molecular weight excluding hydrogens is 374 g/mol. The van der Waals surface area contributed by atoms with Crippen LogP contribution in [-0.2, 0) is 9.59 Å². The number of carbonyl (C=O) groups excluding carboxylic acids is 2. The van der Waals surface area contributed by atoms with E-state index in [0.717, 1.165) is 18.4 Å². The molecule has 5 nitrogen and oxygen atoms in total. The first kappa shape index (κ1) is 20.4. The number of hydrogen-bond acceptors (Lipinski definition) is 3. The van der Waals surface area contributed by atoms with E-state index in [4.69, 9.17) is 11.6 Å². The number of aryl methyl sites for hydroxylation is 1. The molecule has 0 spiro atoms. The Morgan fingerprint density at radius 3 is 2.36 bits per heavy atom. The van der Waals surface area contributed by atoms with Crippen LogP contribution in [-0.4, -0.2) is 36.9 Å². The highest BCUT2D eigenvalue weighted by Gasteiger charge is 2.33. The topological polar surface area (TPSA) is 61.4 Å². The van der Waals surface area contributed by atoms with Crippen molar-refractivity contribution in [2.24, 2.45) is 5.92 Å². The fraction of sp³-hybridized carbons (Fsp3) is 0.364. The minimum absolute atomic E-state index is 0.0402. The maximum atomic E-state index is 12.5. The lowest BCUT2D eigenvalue weighted by Gasteiger charge is -2.22. The molecule has 0 bridgehead atoms. The van der Waals surface area contributed by atoms with Gasteiger partial charge in [-0.25, -0.2) is 0 Å². The average molecular weight is 400 g/mol. The lowest BCUT2D eigenvalue weighted by molar-refractivity contribution is -0.123. The maximum Gasteiger partial charge on any atom is 0.238 e. The molecule has 3 rings (SSSR count). The van der Waals surface area contributed by atoms with E-state index in [1.54, 1.807) is 30.1 Å². The predicted octanol–water partition coefficient (Wildman–Crippen LogP) is 3.79. The summed E-state index contributed by atoms with van der Waals surface area (Å²) in [6.45, 7) is 2.32. The second-order valence-electron chi connectivity index (χ2n) is 7.49. The average Bonchev–Trinajstić information content (AvgIpc) is 3.47. The second-order valence-corrected chi connectivity index (χ2v) is 7.90. The van der Waals surface area contributed by atoms with Gasteiger partial charge >= 0.3 is 0 Å². The zero-order valence-electron chi connectivity index (χ0n) is 16.2. The van der Waals surface area contributed by atoms with E-state index in [1.165, 1.54) is 5.56 Å². The third-order valence-corrected chi connectivity index (χ3v) is 5.15. The molecule has 2 amide bonds. The molecule has 1 aliphatic carbocycles. The van der Waals surface area contributed by atoms with Crippen molar-refractivity contribution in [1.82, 2.24) is 10.2 Å². The van der Waals surface area contributed by atoms with E-state index in [0.29, 0.717) is 16.6 Å². The maximum absolute atomic E-state index is 12.5. The first-order chi connectivity index (χ1) is 13.4. The van der Waals surface area contributed by atoms with E-state index >= 15 is 0 Å². The van der Waals surface area contributed by atoms with E-state index in [-0.39, 0.29) is 30.9 Å². The molecule has 148 valence electrons. The van der Waals surface area contributed by atoms with Crippen molar-refractivity contribution in [1.29, 1.82) is 0 Å². The number of nitrogens with zero attached hydrogens (tertiary/aromatic N) is 1. The minimum Gasteiger partial charge on any atom is -0.348 e. The molecular formula is C22H26ClN3O2. The third-order valence-electron chi connectivity index (χ3n) is 4.82. The SMILES string of the molecule is Cc1ccc(C(NC(=O)CN(C)CC(=O)Nc2ccccc2Cl)C2CC2)cc1. The molecule has 0 saturated heterocycles. The Hall–Kier alpha value is -2.37. The van der Waals surface area contributed by atoms with Crippen molar-refractivity contribution >= 4 is 29.1 Å². The fourth-order valence-electron chi connectivity index (χ4n) is 3.19. The smallest absolute Gasteiger partial charge is 0.238 e. The Balaban J connectivity index is 1.51. The first-order valence-corrected chi connectivity index (χ1v) is 9.89. The Kier molecular flexibility index (Phi) is 6.70. The molecule has 0 radical (unpaired) electrons. The summed E-state index contributed by atoms with van der Waals surface area (Å²) < 4.78 is 0. The molecule has 0 aliphatic heterocycles. The molecule has 6 heteroatoms. The van der Waals surface area contributed by atoms with E-state index in [9.17, 15) is 9.59 Å². The second kappa shape index (κ2) is 9.22. The van der Waals surface area contributed by atoms with Gasteiger partial charge in [-0.2, -0.15) is 0 Å². The van der Waals surface area contributed by atoms with Crippen LogP contribution in [0.25, 0.3) is 0 Å². The van der Waals surface area contributed by atoms with Crippen LogP contribution in [0, 0.1) is 12.8 Å². The molecule has 0 aromatic heterocycles. The highest BCUT2D eigenvalue weighted by Crippen LogP contribution is 2.41. The number of carbonyl (C=O) groups is 2. The Bertz CT molecular complexity index is 834. The summed E-state index contributed by atoms with van der Waals surface area (Å²) >= 11 is 6.06. The van der Waals surface area contributed by atoms with Gasteiger partial charge in [0, 0.05) is 0 Å². The molecule has 2 aromatic rings. The number of nitrogens with one attached hydrogen (secondary N) is 2. The highest BCUT2D eigenvalue weighted by molar-refractivity contribution is 6.33. The van der Waals surface area contributed by atoms with Crippen LogP contribution in [0.15, 0.2) is 48.5 Å². The van der Waals surface area contributed by atoms with Crippen molar-refractivity contribution < 1.29 is 9.59 Å². The first-order valence-electron chi connectivity index (χ1n) is 9.51. The normalized spacial score (nSPS) is 14.6. The van der Waals surface area contributed by atoms with Crippen LogP contribution in [0.3, 0.4) is 0 Å². The largest absolute Gasteiger partial charge is 0.348 e. The number of rotatable bonds is 8. The Morgan fingerprint density at radius 1 is 1.07 bits per heavy atom. The van der Waals surface area contributed by atoms with Gasteiger partial charge < -0.3 is 10.6 Å². The van der Waals surface area contributed by atoms with Crippen molar-refractivity contribution in [3.8, 4) is 0 Å². The predicted molar refractivity (Wildman–Crippen MR) is 112 cm³/mol. The summed E-state index contributed by atoms with van der Waals surface area (Å²) in [5.74, 6) is 0.215. The van der Waals surface area contributed by atoms with Crippen LogP contribution < -0.4 is 10.6 Å². The standard InChI is InChI=1S/C22H26ClN3O2/c1-15-7-9-16(10-8-15)22(17-11-12-17)25-21(28)14-26(2)13-20(27)24-19-6-4-3-5-18(19)23/h3-10,17,22H,11-14H2,1-2H3,(H,24,27)(H,25,28). The van der Waals surface area contributed by atoms with Crippen LogP contribution in [0.2, 0.25) is 5.02 Å². The number of likely N-dealkylation sites (N-methyl/N-ethyl adjacent to an activating group) is 1. The lowest BCUT2D eigenvalue weighted by atomic mass is 10.0. The summed E-state index contributed by atoms with van der Waals surface area (Å²) in [7, 11) is 1.75. The number of halogens is 1. The Morgan fingerprint density at radius 2 is 1.71 bits per heavy atom. The zero-order chi connectivity index (χ0) is 20.1. The highest BCUT2D eigenvalue weighted by atomic mass is 35.5. The molecule has 1 atom stereocenters. The Labute approximate surface area is 171 Å². The van der Waals surface area contributed by atoms with Gasteiger partial charge in [0.1, 0.15) is 0 Å². The van der Waals surface area contributed by atoms with Crippen LogP contribution in [0.1, 0.15) is 30.0 Å². The number of anilines is 1. The van der Waals surface area contributed by atoms with Crippen molar-refractivity contribution in [2.45, 2.75) is 25.8 Å². The van der Waals surface area contributed by atoms with Crippen LogP contribution in [0.5, 0.6) is 0 Å². The van der Waals surface area contributed by atoms with E-state index in [2.05, 4.69) is 41.8 Å². The number of benzene rings is 2. The van der Waals surface area contributed by atoms with Gasteiger partial charge in [0.25, 0.3) is 0 Å². The van der Waals surface area contributed by atoms with Gasteiger partial charge in [0.15, 0.2) is 0 Å². The van der Waals surface area contributed by atoms with Crippen LogP contribution in [0.4, 0.5) is 5.69 Å². The fourth-order valence-corrected chi connectivity index (χ4v) is 3.38. The van der Waals surface area contributed by atoms with Gasteiger partial charge in [-0.3, -0.25) is 14.5 Å². The van der Waals surface area contributed by atoms with Gasteiger partial charge in [-0.05, 0) is 50.4 Å². The zero-order valence-corrected chi connectivity index (χ0v) is 17.0. The molecule has 2 N–H and O–H groups in total. The van der Waals surface area contributed by atoms with Gasteiger partial charge in [-0.1, -0.05) is 53.6 Å². The molecule has 28 heavy (non-hydrogen) atoms. The molecule has 1 saturated carbocycles. The molecule has 1 aliphatic rings. The minimum atomic E-state index is -0.208. The molecule has 1 fully saturated rings. The number of para-hydroxylation sites is 1. The molecule has 2 aromatic carbocycles. The van der Waals surface area contributed by atoms with Crippen molar-refractivity contribution in [3.63, 3.8) is 0 Å². The van der Waals surface area contributed by atoms with Gasteiger partial charge in [0.2, 0.25) is 11.8 Å². The van der Waals surface area contributed by atoms with Gasteiger partial charge in [0.05, 0.1) is 29.8 Å². The third kappa shape index (κ3) is 5.81. The van der Waals surface area contributed by atoms with E-state index < -0.39 is 0 Å². The van der Waals surface area contributed by atoms with E-state index in [1.807, 2.05) is 6.07 Å². The monoisotopic (exact) mass is 399 g/mol. The number of hydrogen-bond donors (Lipinski definition) is 2. The van der Waals surface area contributed by atoms with Crippen molar-refractivity contribution in [3.05, 3.63) is 64.7 Å². The summed E-state index contributed by atoms with van der Waals surface area (Å²) in [5, 5.41) is 6.40. The summed E-state index contributed by atoms with van der Waals surface area (Å²) in [6, 6.07) is 15.4. The van der Waals surface area contributed by atoms with Crippen molar-refractivity contribution in [2.75, 3.05) is 25.5 Å². The quantitative estimate of drug-likeness (QED) is 0.710. The van der Waals surface area contributed by atoms with Crippen LogP contribution >= 0.6 is 11.6 Å².